The van der Waals surface area contributed by atoms with E-state index >= 15 is 0 Å². The molecule has 0 unspecified atom stereocenters. The lowest BCUT2D eigenvalue weighted by atomic mass is 10.0. The van der Waals surface area contributed by atoms with Gasteiger partial charge in [0.25, 0.3) is 0 Å². The van der Waals surface area contributed by atoms with Crippen molar-refractivity contribution in [3.8, 4) is 17.3 Å². The summed E-state index contributed by atoms with van der Waals surface area (Å²) in [5.74, 6) is 2.14. The fraction of sp³-hybridized carbons (Fsp3) is 0.240. The number of aromatic nitrogens is 3. The van der Waals surface area contributed by atoms with Gasteiger partial charge >= 0.3 is 0 Å². The molecule has 2 aromatic heterocycles. The van der Waals surface area contributed by atoms with Crippen molar-refractivity contribution in [2.45, 2.75) is 31.5 Å². The lowest BCUT2D eigenvalue weighted by Gasteiger charge is -2.14. The molecule has 0 aliphatic heterocycles. The van der Waals surface area contributed by atoms with Crippen molar-refractivity contribution in [1.29, 1.82) is 0 Å². The predicted octanol–water partition coefficient (Wildman–Crippen LogP) is 6.50. The van der Waals surface area contributed by atoms with Crippen LogP contribution >= 0.6 is 27.7 Å². The number of para-hydroxylation sites is 1. The molecule has 176 valence electrons. The van der Waals surface area contributed by atoms with Gasteiger partial charge in [0.1, 0.15) is 0 Å². The average molecular weight is 541 g/mol. The standard InChI is InChI=1S/C25H25BrN4O3S/c1-5-11-30-24(21-12-16-7-6-8-20(32-4)23(16)33-21)28-29-25(30)34-14-22(31)27-19-10-9-17(26)13-18(19)15(2)3/h5-10,12-13,15H,1,11,14H2,2-4H3,(H,27,31). The van der Waals surface area contributed by atoms with Gasteiger partial charge in [0.05, 0.1) is 12.9 Å². The number of anilines is 1. The Balaban J connectivity index is 1.54. The van der Waals surface area contributed by atoms with Gasteiger partial charge in [-0.3, -0.25) is 9.36 Å². The monoisotopic (exact) mass is 540 g/mol. The molecule has 7 nitrogen and oxygen atoms in total. The summed E-state index contributed by atoms with van der Waals surface area (Å²) in [4.78, 5) is 12.7. The zero-order valence-electron chi connectivity index (χ0n) is 19.2. The summed E-state index contributed by atoms with van der Waals surface area (Å²) in [6, 6.07) is 13.5. The minimum absolute atomic E-state index is 0.114. The number of allylic oxidation sites excluding steroid dienone is 1. The number of carbonyl (C=O) groups is 1. The summed E-state index contributed by atoms with van der Waals surface area (Å²) in [6.45, 7) is 8.52. The summed E-state index contributed by atoms with van der Waals surface area (Å²) in [6.07, 6.45) is 1.76. The van der Waals surface area contributed by atoms with E-state index in [0.29, 0.717) is 34.6 Å². The Hall–Kier alpha value is -3.04. The van der Waals surface area contributed by atoms with Crippen LogP contribution in [-0.4, -0.2) is 33.5 Å². The van der Waals surface area contributed by atoms with Crippen LogP contribution in [0, 0.1) is 0 Å². The molecule has 1 N–H and O–H groups in total. The summed E-state index contributed by atoms with van der Waals surface area (Å²) in [7, 11) is 1.61. The highest BCUT2D eigenvalue weighted by atomic mass is 79.9. The van der Waals surface area contributed by atoms with Crippen molar-refractivity contribution in [2.24, 2.45) is 0 Å². The van der Waals surface area contributed by atoms with Gasteiger partial charge in [0.2, 0.25) is 11.7 Å². The molecule has 4 rings (SSSR count). The molecule has 0 spiro atoms. The Bertz CT molecular complexity index is 1350. The van der Waals surface area contributed by atoms with Crippen LogP contribution in [0.4, 0.5) is 5.69 Å². The van der Waals surface area contributed by atoms with Crippen LogP contribution in [-0.2, 0) is 11.3 Å². The van der Waals surface area contributed by atoms with Gasteiger partial charge in [-0.05, 0) is 41.8 Å². The molecule has 0 radical (unpaired) electrons. The van der Waals surface area contributed by atoms with Gasteiger partial charge in [-0.2, -0.15) is 0 Å². The number of nitrogens with zero attached hydrogens (tertiary/aromatic N) is 3. The summed E-state index contributed by atoms with van der Waals surface area (Å²) >= 11 is 4.81. The van der Waals surface area contributed by atoms with E-state index < -0.39 is 0 Å². The van der Waals surface area contributed by atoms with Crippen LogP contribution in [0.2, 0.25) is 0 Å². The normalized spacial score (nSPS) is 11.2. The van der Waals surface area contributed by atoms with Crippen molar-refractivity contribution < 1.29 is 13.9 Å². The first-order chi connectivity index (χ1) is 16.4. The van der Waals surface area contributed by atoms with Gasteiger partial charge in [-0.1, -0.05) is 59.7 Å². The topological polar surface area (TPSA) is 82.2 Å². The van der Waals surface area contributed by atoms with Crippen molar-refractivity contribution >= 4 is 50.3 Å². The van der Waals surface area contributed by atoms with Gasteiger partial charge in [0, 0.05) is 22.1 Å². The first-order valence-electron chi connectivity index (χ1n) is 10.7. The fourth-order valence-electron chi connectivity index (χ4n) is 3.62. The van der Waals surface area contributed by atoms with E-state index in [1.54, 1.807) is 13.2 Å². The Labute approximate surface area is 210 Å². The summed E-state index contributed by atoms with van der Waals surface area (Å²) in [5.41, 5.74) is 2.54. The molecule has 0 saturated heterocycles. The third-order valence-electron chi connectivity index (χ3n) is 5.22. The number of fused-ring (bicyclic) bond motifs is 1. The molecule has 2 aromatic carbocycles. The molecule has 0 fully saturated rings. The number of benzene rings is 2. The number of hydrogen-bond donors (Lipinski definition) is 1. The molecule has 0 aliphatic rings. The number of halogens is 1. The van der Waals surface area contributed by atoms with E-state index in [0.717, 1.165) is 21.1 Å². The maximum absolute atomic E-state index is 12.7. The van der Waals surface area contributed by atoms with Gasteiger partial charge in [0.15, 0.2) is 22.2 Å². The van der Waals surface area contributed by atoms with Crippen LogP contribution in [0.25, 0.3) is 22.6 Å². The fourth-order valence-corrected chi connectivity index (χ4v) is 4.75. The molecule has 0 bridgehead atoms. The lowest BCUT2D eigenvalue weighted by Crippen LogP contribution is -2.16. The third-order valence-corrected chi connectivity index (χ3v) is 6.68. The molecule has 0 saturated carbocycles. The number of carbonyl (C=O) groups excluding carboxylic acids is 1. The number of thioether (sulfide) groups is 1. The molecule has 9 heteroatoms. The van der Waals surface area contributed by atoms with Crippen molar-refractivity contribution in [2.75, 3.05) is 18.2 Å². The second-order valence-electron chi connectivity index (χ2n) is 7.92. The smallest absolute Gasteiger partial charge is 0.234 e. The van der Waals surface area contributed by atoms with Crippen molar-refractivity contribution in [3.05, 3.63) is 65.2 Å². The van der Waals surface area contributed by atoms with E-state index in [2.05, 4.69) is 51.9 Å². The van der Waals surface area contributed by atoms with E-state index in [-0.39, 0.29) is 17.6 Å². The maximum atomic E-state index is 12.7. The first kappa shape index (κ1) is 24.1. The zero-order chi connectivity index (χ0) is 24.2. The molecular formula is C25H25BrN4O3S. The van der Waals surface area contributed by atoms with Gasteiger partial charge < -0.3 is 14.5 Å². The predicted molar refractivity (Wildman–Crippen MR) is 140 cm³/mol. The second-order valence-corrected chi connectivity index (χ2v) is 9.78. The first-order valence-corrected chi connectivity index (χ1v) is 12.5. The highest BCUT2D eigenvalue weighted by molar-refractivity contribution is 9.10. The number of rotatable bonds is 9. The van der Waals surface area contributed by atoms with Crippen LogP contribution in [0.5, 0.6) is 5.75 Å². The Kier molecular flexibility index (Phi) is 7.43. The molecule has 4 aromatic rings. The van der Waals surface area contributed by atoms with E-state index in [1.165, 1.54) is 11.8 Å². The highest BCUT2D eigenvalue weighted by Crippen LogP contribution is 2.34. The lowest BCUT2D eigenvalue weighted by molar-refractivity contribution is -0.113. The molecule has 34 heavy (non-hydrogen) atoms. The Morgan fingerprint density at radius 2 is 2.12 bits per heavy atom. The van der Waals surface area contributed by atoms with E-state index in [9.17, 15) is 4.79 Å². The van der Waals surface area contributed by atoms with E-state index in [1.807, 2.05) is 47.0 Å². The minimum Gasteiger partial charge on any atom is -0.493 e. The Morgan fingerprint density at radius 3 is 2.85 bits per heavy atom. The van der Waals surface area contributed by atoms with Crippen LogP contribution in [0.3, 0.4) is 0 Å². The summed E-state index contributed by atoms with van der Waals surface area (Å²) < 4.78 is 14.3. The highest BCUT2D eigenvalue weighted by Gasteiger charge is 2.20. The van der Waals surface area contributed by atoms with E-state index in [4.69, 9.17) is 9.15 Å². The molecule has 0 aliphatic carbocycles. The van der Waals surface area contributed by atoms with Gasteiger partial charge in [-0.15, -0.1) is 16.8 Å². The third kappa shape index (κ3) is 5.05. The number of furan rings is 1. The molecule has 1 amide bonds. The van der Waals surface area contributed by atoms with Crippen LogP contribution in [0.15, 0.2) is 69.2 Å². The quantitative estimate of drug-likeness (QED) is 0.192. The number of amides is 1. The van der Waals surface area contributed by atoms with Crippen LogP contribution in [0.1, 0.15) is 25.3 Å². The van der Waals surface area contributed by atoms with Crippen molar-refractivity contribution in [1.82, 2.24) is 14.8 Å². The number of ether oxygens (including phenoxy) is 1. The second kappa shape index (κ2) is 10.5. The number of hydrogen-bond acceptors (Lipinski definition) is 6. The maximum Gasteiger partial charge on any atom is 0.234 e. The molecule has 0 atom stereocenters. The number of methoxy groups -OCH3 is 1. The Morgan fingerprint density at radius 1 is 1.29 bits per heavy atom. The van der Waals surface area contributed by atoms with Crippen molar-refractivity contribution in [3.63, 3.8) is 0 Å². The average Bonchev–Trinajstić information content (AvgIpc) is 3.42. The number of nitrogens with one attached hydrogen (secondary N) is 1. The largest absolute Gasteiger partial charge is 0.493 e. The van der Waals surface area contributed by atoms with Gasteiger partial charge in [-0.25, -0.2) is 0 Å². The molecular weight excluding hydrogens is 516 g/mol. The summed E-state index contributed by atoms with van der Waals surface area (Å²) in [5, 5.41) is 13.2. The molecule has 2 heterocycles. The SMILES string of the molecule is C=CCn1c(SCC(=O)Nc2ccc(Br)cc2C(C)C)nnc1-c1cc2cccc(OC)c2o1. The minimum atomic E-state index is -0.114. The zero-order valence-corrected chi connectivity index (χ0v) is 21.6. The van der Waals surface area contributed by atoms with Crippen LogP contribution < -0.4 is 10.1 Å².